The molecule has 2 amide bonds. The van der Waals surface area contributed by atoms with Crippen LogP contribution in [0.1, 0.15) is 52.5 Å². The van der Waals surface area contributed by atoms with Crippen molar-refractivity contribution in [3.05, 3.63) is 46.4 Å². The number of nitriles is 1. The molecule has 0 saturated carbocycles. The van der Waals surface area contributed by atoms with E-state index in [1.165, 1.54) is 35.0 Å². The van der Waals surface area contributed by atoms with E-state index in [-0.39, 0.29) is 25.5 Å². The Morgan fingerprint density at radius 2 is 1.84 bits per heavy atom. The predicted molar refractivity (Wildman–Crippen MR) is 164 cm³/mol. The molecule has 0 fully saturated rings. The maximum Gasteiger partial charge on any atom is 0.307 e. The van der Waals surface area contributed by atoms with E-state index in [0.29, 0.717) is 27.1 Å². The average Bonchev–Trinajstić information content (AvgIpc) is 3.54. The fourth-order valence-electron chi connectivity index (χ4n) is 4.28. The second-order valence-corrected chi connectivity index (χ2v) is 12.6. The first-order valence-electron chi connectivity index (χ1n) is 13.5. The Hall–Kier alpha value is -4.08. The number of hydrogen-bond donors (Lipinski definition) is 1. The third-order valence-electron chi connectivity index (χ3n) is 6.21. The molecule has 1 atom stereocenters. The standard InChI is InChI=1S/C30H36ClN5O6S/c1-18(2)36(17-26(37)34-29-33-21(16-35(29)13-12-32)24-10-11-25(31)43-24)28(39)20(15-27(38)42-30(3,4)5)19-8-9-22(40-6)23(14-19)41-7/h8-11,14,16,18,20H,13,15,17H2,1-7H3,(H,33,34,37). The van der Waals surface area contributed by atoms with E-state index in [2.05, 4.69) is 16.4 Å². The summed E-state index contributed by atoms with van der Waals surface area (Å²) < 4.78 is 18.4. The molecule has 0 spiro atoms. The fraction of sp³-hybridized carbons (Fsp3) is 0.433. The Kier molecular flexibility index (Phi) is 11.2. The lowest BCUT2D eigenvalue weighted by atomic mass is 9.93. The highest BCUT2D eigenvalue weighted by Crippen LogP contribution is 2.34. The Labute approximate surface area is 260 Å². The summed E-state index contributed by atoms with van der Waals surface area (Å²) in [6.45, 7) is 8.42. The summed E-state index contributed by atoms with van der Waals surface area (Å²) in [6, 6.07) is 10.2. The van der Waals surface area contributed by atoms with E-state index in [0.717, 1.165) is 4.88 Å². The molecule has 0 aliphatic carbocycles. The third-order valence-corrected chi connectivity index (χ3v) is 7.47. The molecule has 2 heterocycles. The number of amides is 2. The molecular formula is C30H36ClN5O6S. The molecular weight excluding hydrogens is 594 g/mol. The molecule has 1 N–H and O–H groups in total. The maximum absolute atomic E-state index is 14.1. The summed E-state index contributed by atoms with van der Waals surface area (Å²) >= 11 is 7.38. The van der Waals surface area contributed by atoms with Crippen LogP contribution < -0.4 is 14.8 Å². The number of imidazole rings is 1. The van der Waals surface area contributed by atoms with Gasteiger partial charge >= 0.3 is 5.97 Å². The first kappa shape index (κ1) is 33.4. The largest absolute Gasteiger partial charge is 0.493 e. The van der Waals surface area contributed by atoms with E-state index in [1.807, 2.05) is 0 Å². The van der Waals surface area contributed by atoms with Gasteiger partial charge in [-0.1, -0.05) is 17.7 Å². The molecule has 3 aromatic rings. The van der Waals surface area contributed by atoms with Crippen LogP contribution in [0.4, 0.5) is 5.95 Å². The molecule has 0 bridgehead atoms. The Bertz CT molecular complexity index is 1500. The number of carbonyl (C=O) groups excluding carboxylic acids is 3. The molecule has 43 heavy (non-hydrogen) atoms. The summed E-state index contributed by atoms with van der Waals surface area (Å²) in [7, 11) is 2.98. The van der Waals surface area contributed by atoms with Crippen LogP contribution in [0.2, 0.25) is 4.34 Å². The Balaban J connectivity index is 1.90. The molecule has 230 valence electrons. The monoisotopic (exact) mass is 629 g/mol. The molecule has 3 rings (SSSR count). The summed E-state index contributed by atoms with van der Waals surface area (Å²) in [4.78, 5) is 47.0. The van der Waals surface area contributed by atoms with Crippen molar-refractivity contribution < 1.29 is 28.6 Å². The minimum absolute atomic E-state index is 0.0498. The number of nitrogens with zero attached hydrogens (tertiary/aromatic N) is 4. The van der Waals surface area contributed by atoms with Gasteiger partial charge in [0.15, 0.2) is 11.5 Å². The second-order valence-electron chi connectivity index (χ2n) is 10.9. The third kappa shape index (κ3) is 8.95. The summed E-state index contributed by atoms with van der Waals surface area (Å²) in [5.74, 6) is -1.49. The highest BCUT2D eigenvalue weighted by molar-refractivity contribution is 7.19. The molecule has 2 aromatic heterocycles. The lowest BCUT2D eigenvalue weighted by Gasteiger charge is -2.31. The van der Waals surface area contributed by atoms with E-state index >= 15 is 0 Å². The zero-order chi connectivity index (χ0) is 31.9. The second kappa shape index (κ2) is 14.4. The van der Waals surface area contributed by atoms with Gasteiger partial charge in [0.25, 0.3) is 0 Å². The molecule has 0 radical (unpaired) electrons. The lowest BCUT2D eigenvalue weighted by Crippen LogP contribution is -2.45. The molecule has 0 aliphatic rings. The van der Waals surface area contributed by atoms with Crippen LogP contribution in [0.25, 0.3) is 10.6 Å². The first-order chi connectivity index (χ1) is 20.3. The highest BCUT2D eigenvalue weighted by atomic mass is 35.5. The number of carbonyl (C=O) groups is 3. The van der Waals surface area contributed by atoms with E-state index in [1.54, 1.807) is 71.1 Å². The zero-order valence-electron chi connectivity index (χ0n) is 25.3. The van der Waals surface area contributed by atoms with Gasteiger partial charge in [-0.25, -0.2) is 4.98 Å². The number of hydrogen-bond acceptors (Lipinski definition) is 9. The van der Waals surface area contributed by atoms with Gasteiger partial charge in [-0.2, -0.15) is 5.26 Å². The average molecular weight is 630 g/mol. The lowest BCUT2D eigenvalue weighted by molar-refractivity contribution is -0.157. The van der Waals surface area contributed by atoms with Gasteiger partial charge in [0.2, 0.25) is 17.8 Å². The van der Waals surface area contributed by atoms with Crippen LogP contribution >= 0.6 is 22.9 Å². The van der Waals surface area contributed by atoms with Crippen LogP contribution in [-0.4, -0.2) is 64.6 Å². The summed E-state index contributed by atoms with van der Waals surface area (Å²) in [5, 5.41) is 12.0. The van der Waals surface area contributed by atoms with E-state index in [4.69, 9.17) is 25.8 Å². The van der Waals surface area contributed by atoms with Gasteiger partial charge in [-0.05, 0) is 64.4 Å². The molecule has 11 nitrogen and oxygen atoms in total. The van der Waals surface area contributed by atoms with E-state index in [9.17, 15) is 19.6 Å². The van der Waals surface area contributed by atoms with Crippen molar-refractivity contribution in [1.29, 1.82) is 5.26 Å². The van der Waals surface area contributed by atoms with Crippen molar-refractivity contribution in [1.82, 2.24) is 14.5 Å². The molecule has 1 unspecified atom stereocenters. The van der Waals surface area contributed by atoms with Gasteiger partial charge in [0.1, 0.15) is 24.4 Å². The van der Waals surface area contributed by atoms with Crippen molar-refractivity contribution in [3.63, 3.8) is 0 Å². The van der Waals surface area contributed by atoms with Crippen LogP contribution in [0.15, 0.2) is 36.5 Å². The zero-order valence-corrected chi connectivity index (χ0v) is 26.8. The molecule has 0 aliphatic heterocycles. The van der Waals surface area contributed by atoms with Crippen LogP contribution in [0.3, 0.4) is 0 Å². The minimum Gasteiger partial charge on any atom is -0.493 e. The smallest absolute Gasteiger partial charge is 0.307 e. The summed E-state index contributed by atoms with van der Waals surface area (Å²) in [6.07, 6.45) is 1.40. The van der Waals surface area contributed by atoms with Crippen molar-refractivity contribution in [2.75, 3.05) is 26.1 Å². The maximum atomic E-state index is 14.1. The summed E-state index contributed by atoms with van der Waals surface area (Å²) in [5.41, 5.74) is 0.298. The van der Waals surface area contributed by atoms with Crippen molar-refractivity contribution in [3.8, 4) is 28.1 Å². The number of rotatable bonds is 12. The Morgan fingerprint density at radius 3 is 2.40 bits per heavy atom. The minimum atomic E-state index is -0.972. The quantitative estimate of drug-likeness (QED) is 0.260. The number of thiophene rings is 1. The van der Waals surface area contributed by atoms with Gasteiger partial charge < -0.3 is 23.7 Å². The normalized spacial score (nSPS) is 11.9. The van der Waals surface area contributed by atoms with Crippen LogP contribution in [0.5, 0.6) is 11.5 Å². The SMILES string of the molecule is COc1ccc(C(CC(=O)OC(C)(C)C)C(=O)N(CC(=O)Nc2nc(-c3ccc(Cl)s3)cn2CC#N)C(C)C)cc1OC. The van der Waals surface area contributed by atoms with E-state index < -0.39 is 35.3 Å². The number of aromatic nitrogens is 2. The number of anilines is 1. The van der Waals surface area contributed by atoms with Crippen LogP contribution in [0, 0.1) is 11.3 Å². The molecule has 13 heteroatoms. The number of benzene rings is 1. The van der Waals surface area contributed by atoms with Gasteiger partial charge in [0, 0.05) is 12.2 Å². The van der Waals surface area contributed by atoms with Crippen LogP contribution in [-0.2, 0) is 25.7 Å². The van der Waals surface area contributed by atoms with Gasteiger partial charge in [-0.3, -0.25) is 19.7 Å². The Morgan fingerprint density at radius 1 is 1.14 bits per heavy atom. The highest BCUT2D eigenvalue weighted by Gasteiger charge is 2.33. The van der Waals surface area contributed by atoms with Gasteiger partial charge in [-0.15, -0.1) is 11.3 Å². The number of halogens is 1. The number of ether oxygens (including phenoxy) is 3. The topological polar surface area (TPSA) is 136 Å². The fourth-order valence-corrected chi connectivity index (χ4v) is 5.28. The van der Waals surface area contributed by atoms with Crippen molar-refractivity contribution in [2.45, 2.75) is 65.1 Å². The predicted octanol–water partition coefficient (Wildman–Crippen LogP) is 5.50. The first-order valence-corrected chi connectivity index (χ1v) is 14.7. The number of nitrogens with one attached hydrogen (secondary N) is 1. The van der Waals surface area contributed by atoms with Gasteiger partial charge in [0.05, 0.1) is 41.8 Å². The number of esters is 1. The number of methoxy groups -OCH3 is 2. The van der Waals surface area contributed by atoms with Crippen molar-refractivity contribution in [2.24, 2.45) is 0 Å². The molecule has 0 saturated heterocycles. The van der Waals surface area contributed by atoms with Crippen molar-refractivity contribution >= 4 is 46.7 Å². The molecule has 1 aromatic carbocycles.